The van der Waals surface area contributed by atoms with Crippen molar-refractivity contribution in [2.75, 3.05) is 12.4 Å². The van der Waals surface area contributed by atoms with E-state index in [0.717, 1.165) is 5.56 Å². The predicted octanol–water partition coefficient (Wildman–Crippen LogP) is 3.52. The molecule has 0 aliphatic carbocycles. The van der Waals surface area contributed by atoms with Crippen LogP contribution in [-0.2, 0) is 0 Å². The number of aryl methyl sites for hydroxylation is 1. The number of anilines is 1. The lowest BCUT2D eigenvalue weighted by molar-refractivity contribution is -0.385. The van der Waals surface area contributed by atoms with Gasteiger partial charge in [-0.2, -0.15) is 0 Å². The van der Waals surface area contributed by atoms with E-state index in [1.807, 2.05) is 19.1 Å². The predicted molar refractivity (Wildman–Crippen MR) is 87.3 cm³/mol. The van der Waals surface area contributed by atoms with Crippen LogP contribution < -0.4 is 5.32 Å². The van der Waals surface area contributed by atoms with Gasteiger partial charge in [0.2, 0.25) is 0 Å². The van der Waals surface area contributed by atoms with Crippen LogP contribution >= 0.6 is 0 Å². The zero-order valence-corrected chi connectivity index (χ0v) is 13.2. The van der Waals surface area contributed by atoms with Gasteiger partial charge in [0.15, 0.2) is 0 Å². The number of carbonyl (C=O) groups is 1. The van der Waals surface area contributed by atoms with Crippen LogP contribution in [0.3, 0.4) is 0 Å². The third kappa shape index (κ3) is 3.82. The smallest absolute Gasteiger partial charge is 0.321 e. The third-order valence-electron chi connectivity index (χ3n) is 3.73. The summed E-state index contributed by atoms with van der Waals surface area (Å²) in [4.78, 5) is 28.2. The van der Waals surface area contributed by atoms with Crippen molar-refractivity contribution < 1.29 is 9.72 Å². The second-order valence-electron chi connectivity index (χ2n) is 5.26. The molecule has 1 aromatic heterocycles. The van der Waals surface area contributed by atoms with Crippen molar-refractivity contribution >= 4 is 17.4 Å². The van der Waals surface area contributed by atoms with E-state index >= 15 is 0 Å². The van der Waals surface area contributed by atoms with Crippen molar-refractivity contribution in [3.05, 3.63) is 64.0 Å². The fourth-order valence-corrected chi connectivity index (χ4v) is 2.19. The molecule has 0 saturated carbocycles. The zero-order chi connectivity index (χ0) is 17.0. The van der Waals surface area contributed by atoms with Crippen LogP contribution in [0, 0.1) is 17.0 Å². The summed E-state index contributed by atoms with van der Waals surface area (Å²) in [6.07, 6.45) is 3.36. The molecule has 120 valence electrons. The molecular weight excluding hydrogens is 296 g/mol. The molecule has 1 atom stereocenters. The molecule has 0 aliphatic rings. The van der Waals surface area contributed by atoms with Crippen molar-refractivity contribution in [1.29, 1.82) is 0 Å². The molecule has 1 N–H and O–H groups in total. The van der Waals surface area contributed by atoms with Crippen LogP contribution in [0.1, 0.15) is 24.1 Å². The Hall–Kier alpha value is -2.96. The first kappa shape index (κ1) is 16.4. The van der Waals surface area contributed by atoms with Gasteiger partial charge in [0.05, 0.1) is 11.0 Å². The molecule has 0 fully saturated rings. The van der Waals surface area contributed by atoms with Gasteiger partial charge >= 0.3 is 6.03 Å². The van der Waals surface area contributed by atoms with Crippen molar-refractivity contribution in [3.8, 4) is 0 Å². The minimum absolute atomic E-state index is 0.0292. The van der Waals surface area contributed by atoms with E-state index < -0.39 is 4.92 Å². The monoisotopic (exact) mass is 314 g/mol. The van der Waals surface area contributed by atoms with E-state index in [-0.39, 0.29) is 17.8 Å². The highest BCUT2D eigenvalue weighted by molar-refractivity contribution is 5.89. The third-order valence-corrected chi connectivity index (χ3v) is 3.73. The summed E-state index contributed by atoms with van der Waals surface area (Å²) in [6, 6.07) is 7.78. The lowest BCUT2D eigenvalue weighted by Gasteiger charge is -2.25. The molecule has 0 spiro atoms. The van der Waals surface area contributed by atoms with Gasteiger partial charge in [-0.3, -0.25) is 15.1 Å². The largest absolute Gasteiger partial charge is 0.322 e. The Balaban J connectivity index is 2.09. The molecule has 0 aliphatic heterocycles. The Bertz CT molecular complexity index is 719. The van der Waals surface area contributed by atoms with E-state index in [9.17, 15) is 14.9 Å². The van der Waals surface area contributed by atoms with Crippen molar-refractivity contribution in [3.63, 3.8) is 0 Å². The van der Waals surface area contributed by atoms with Crippen LogP contribution in [0.5, 0.6) is 0 Å². The summed E-state index contributed by atoms with van der Waals surface area (Å²) in [6.45, 7) is 3.55. The van der Waals surface area contributed by atoms with E-state index in [2.05, 4.69) is 10.3 Å². The minimum atomic E-state index is -0.446. The highest BCUT2D eigenvalue weighted by Crippen LogP contribution is 2.23. The number of nitrogens with zero attached hydrogens (tertiary/aromatic N) is 3. The fraction of sp³-hybridized carbons (Fsp3) is 0.250. The summed E-state index contributed by atoms with van der Waals surface area (Å²) in [5.74, 6) is 0. The second-order valence-corrected chi connectivity index (χ2v) is 5.26. The first-order valence-corrected chi connectivity index (χ1v) is 7.09. The number of amides is 2. The molecule has 23 heavy (non-hydrogen) atoms. The number of nitro benzene ring substituents is 1. The highest BCUT2D eigenvalue weighted by Gasteiger charge is 2.18. The highest BCUT2D eigenvalue weighted by atomic mass is 16.6. The number of rotatable bonds is 4. The maximum absolute atomic E-state index is 12.3. The topological polar surface area (TPSA) is 88.4 Å². The van der Waals surface area contributed by atoms with Crippen LogP contribution in [0.2, 0.25) is 0 Å². The fourth-order valence-electron chi connectivity index (χ4n) is 2.19. The average molecular weight is 314 g/mol. The number of nitrogens with one attached hydrogen (secondary N) is 1. The van der Waals surface area contributed by atoms with Gasteiger partial charge in [-0.25, -0.2) is 4.79 Å². The van der Waals surface area contributed by atoms with Crippen LogP contribution in [-0.4, -0.2) is 27.9 Å². The van der Waals surface area contributed by atoms with Crippen molar-refractivity contribution in [2.45, 2.75) is 19.9 Å². The Kier molecular flexibility index (Phi) is 4.90. The normalized spacial score (nSPS) is 11.6. The summed E-state index contributed by atoms with van der Waals surface area (Å²) >= 11 is 0. The molecule has 7 heteroatoms. The number of hydrogen-bond donors (Lipinski definition) is 1. The van der Waals surface area contributed by atoms with Crippen LogP contribution in [0.15, 0.2) is 42.7 Å². The number of hydrogen-bond acceptors (Lipinski definition) is 4. The summed E-state index contributed by atoms with van der Waals surface area (Å²) in [5.41, 5.74) is 2.02. The first-order chi connectivity index (χ1) is 10.9. The maximum Gasteiger partial charge on any atom is 0.322 e. The lowest BCUT2D eigenvalue weighted by atomic mass is 10.1. The maximum atomic E-state index is 12.3. The van der Waals surface area contributed by atoms with Crippen LogP contribution in [0.25, 0.3) is 0 Å². The summed E-state index contributed by atoms with van der Waals surface area (Å²) < 4.78 is 0. The standard InChI is InChI=1S/C16H18N4O3/c1-11-10-14(4-5-15(11)20(22)23)18-16(21)19(3)12(2)13-6-8-17-9-7-13/h4-10,12H,1-3H3,(H,18,21). The quantitative estimate of drug-likeness (QED) is 0.690. The van der Waals surface area contributed by atoms with Gasteiger partial charge in [-0.15, -0.1) is 0 Å². The molecule has 0 saturated heterocycles. The van der Waals surface area contributed by atoms with Crippen LogP contribution in [0.4, 0.5) is 16.2 Å². The number of benzene rings is 1. The lowest BCUT2D eigenvalue weighted by Crippen LogP contribution is -2.33. The number of aromatic nitrogens is 1. The number of pyridine rings is 1. The molecule has 0 radical (unpaired) electrons. The van der Waals surface area contributed by atoms with E-state index in [4.69, 9.17) is 0 Å². The number of nitro groups is 1. The van der Waals surface area contributed by atoms with Gasteiger partial charge in [0.25, 0.3) is 5.69 Å². The van der Waals surface area contributed by atoms with Gasteiger partial charge in [-0.05, 0) is 43.7 Å². The molecule has 7 nitrogen and oxygen atoms in total. The zero-order valence-electron chi connectivity index (χ0n) is 13.2. The molecule has 1 aromatic carbocycles. The molecule has 2 amide bonds. The first-order valence-electron chi connectivity index (χ1n) is 7.09. The van der Waals surface area contributed by atoms with E-state index in [1.165, 1.54) is 12.1 Å². The minimum Gasteiger partial charge on any atom is -0.321 e. The summed E-state index contributed by atoms with van der Waals surface area (Å²) in [5, 5.41) is 13.6. The Morgan fingerprint density at radius 3 is 2.52 bits per heavy atom. The molecule has 2 aromatic rings. The second kappa shape index (κ2) is 6.87. The molecule has 1 unspecified atom stereocenters. The molecular formula is C16H18N4O3. The summed E-state index contributed by atoms with van der Waals surface area (Å²) in [7, 11) is 1.69. The molecule has 0 bridgehead atoms. The van der Waals surface area contributed by atoms with Crippen molar-refractivity contribution in [1.82, 2.24) is 9.88 Å². The Morgan fingerprint density at radius 2 is 1.96 bits per heavy atom. The SMILES string of the molecule is Cc1cc(NC(=O)N(C)C(C)c2ccncc2)ccc1[N+](=O)[O-]. The molecule has 2 rings (SSSR count). The van der Waals surface area contributed by atoms with E-state index in [0.29, 0.717) is 11.3 Å². The van der Waals surface area contributed by atoms with Gasteiger partial charge < -0.3 is 10.2 Å². The Labute approximate surface area is 134 Å². The Morgan fingerprint density at radius 1 is 1.30 bits per heavy atom. The van der Waals surface area contributed by atoms with Gasteiger partial charge in [0.1, 0.15) is 0 Å². The van der Waals surface area contributed by atoms with E-state index in [1.54, 1.807) is 37.3 Å². The molecule has 1 heterocycles. The van der Waals surface area contributed by atoms with Gasteiger partial charge in [0, 0.05) is 36.8 Å². The van der Waals surface area contributed by atoms with Crippen molar-refractivity contribution in [2.24, 2.45) is 0 Å². The number of urea groups is 1. The number of carbonyl (C=O) groups excluding carboxylic acids is 1. The average Bonchev–Trinajstić information content (AvgIpc) is 2.54. The van der Waals surface area contributed by atoms with Gasteiger partial charge in [-0.1, -0.05) is 0 Å².